The van der Waals surface area contributed by atoms with Gasteiger partial charge in [0.2, 0.25) is 5.91 Å². The molecule has 0 radical (unpaired) electrons. The van der Waals surface area contributed by atoms with Gasteiger partial charge in [0.05, 0.1) is 6.04 Å². The summed E-state index contributed by atoms with van der Waals surface area (Å²) in [5, 5.41) is 11.4. The number of amides is 1. The lowest BCUT2D eigenvalue weighted by Crippen LogP contribution is -2.42. The van der Waals surface area contributed by atoms with Crippen molar-refractivity contribution in [2.45, 2.75) is 32.7 Å². The van der Waals surface area contributed by atoms with Crippen molar-refractivity contribution in [1.82, 2.24) is 5.32 Å². The smallest absolute Gasteiger partial charge is 0.236 e. The second kappa shape index (κ2) is 6.86. The molecule has 0 rings (SSSR count). The average molecular weight is 188 g/mol. The lowest BCUT2D eigenvalue weighted by atomic mass is 10.1. The molecule has 0 aliphatic rings. The number of nitrogens with two attached hydrogens (primary N) is 1. The normalized spacial score (nSPS) is 15.1. The van der Waals surface area contributed by atoms with Crippen molar-refractivity contribution in [3.63, 3.8) is 0 Å². The zero-order valence-electron chi connectivity index (χ0n) is 8.42. The molecule has 1 amide bonds. The number of nitrogens with one attached hydrogen (secondary N) is 1. The van der Waals surface area contributed by atoms with Crippen molar-refractivity contribution in [2.75, 3.05) is 13.2 Å². The van der Waals surface area contributed by atoms with Crippen molar-refractivity contribution in [2.24, 2.45) is 11.7 Å². The van der Waals surface area contributed by atoms with Crippen LogP contribution in [0.25, 0.3) is 0 Å². The number of carbonyl (C=O) groups excluding carboxylic acids is 1. The zero-order valence-corrected chi connectivity index (χ0v) is 8.42. The summed E-state index contributed by atoms with van der Waals surface area (Å²) in [5.74, 6) is -0.0278. The minimum absolute atomic E-state index is 0.0866. The molecule has 0 heterocycles. The van der Waals surface area contributed by atoms with Gasteiger partial charge in [0, 0.05) is 13.2 Å². The van der Waals surface area contributed by atoms with Gasteiger partial charge in [0.15, 0.2) is 0 Å². The second-order valence-corrected chi connectivity index (χ2v) is 3.43. The Hall–Kier alpha value is -0.610. The Kier molecular flexibility index (Phi) is 6.54. The number of aliphatic hydroxyl groups excluding tert-OH is 1. The molecule has 1 unspecified atom stereocenters. The summed E-state index contributed by atoms with van der Waals surface area (Å²) in [5.41, 5.74) is 5.58. The molecule has 0 saturated carbocycles. The summed E-state index contributed by atoms with van der Waals surface area (Å²) in [6.45, 7) is 4.44. The Morgan fingerprint density at radius 1 is 1.62 bits per heavy atom. The highest BCUT2D eigenvalue weighted by Gasteiger charge is 2.12. The van der Waals surface area contributed by atoms with Gasteiger partial charge in [0.1, 0.15) is 0 Å². The van der Waals surface area contributed by atoms with Crippen LogP contribution in [0.4, 0.5) is 0 Å². The number of hydrogen-bond acceptors (Lipinski definition) is 3. The van der Waals surface area contributed by atoms with E-state index < -0.39 is 6.04 Å². The van der Waals surface area contributed by atoms with E-state index in [0.29, 0.717) is 13.0 Å². The third-order valence-electron chi connectivity index (χ3n) is 1.87. The molecule has 0 fully saturated rings. The molecular weight excluding hydrogens is 168 g/mol. The van der Waals surface area contributed by atoms with Crippen molar-refractivity contribution < 1.29 is 9.90 Å². The van der Waals surface area contributed by atoms with E-state index in [9.17, 15) is 4.79 Å². The van der Waals surface area contributed by atoms with E-state index in [-0.39, 0.29) is 18.4 Å². The summed E-state index contributed by atoms with van der Waals surface area (Å²) < 4.78 is 0. The predicted molar refractivity (Wildman–Crippen MR) is 52.1 cm³/mol. The van der Waals surface area contributed by atoms with Crippen LogP contribution in [0.5, 0.6) is 0 Å². The second-order valence-electron chi connectivity index (χ2n) is 3.43. The van der Waals surface area contributed by atoms with Gasteiger partial charge >= 0.3 is 0 Å². The van der Waals surface area contributed by atoms with Crippen LogP contribution in [-0.4, -0.2) is 30.2 Å². The fourth-order valence-electron chi connectivity index (χ4n) is 0.913. The lowest BCUT2D eigenvalue weighted by molar-refractivity contribution is -0.122. The van der Waals surface area contributed by atoms with Crippen LogP contribution in [0, 0.1) is 5.92 Å². The lowest BCUT2D eigenvalue weighted by Gasteiger charge is -2.13. The Morgan fingerprint density at radius 3 is 2.69 bits per heavy atom. The molecule has 0 aromatic rings. The van der Waals surface area contributed by atoms with E-state index in [1.807, 2.05) is 13.8 Å². The molecule has 0 saturated heterocycles. The van der Waals surface area contributed by atoms with Gasteiger partial charge in [-0.05, 0) is 12.3 Å². The standard InChI is InChI=1S/C9H20N2O2/c1-3-4-8(10)9(13)11-5-7(2)6-12/h7-8,12H,3-6,10H2,1-2H3,(H,11,13)/t7?,8-/m1/s1. The minimum Gasteiger partial charge on any atom is -0.396 e. The SMILES string of the molecule is CCC[C@@H](N)C(=O)NCC(C)CO. The fraction of sp³-hybridized carbons (Fsp3) is 0.889. The van der Waals surface area contributed by atoms with Crippen LogP contribution in [-0.2, 0) is 4.79 Å². The molecule has 13 heavy (non-hydrogen) atoms. The van der Waals surface area contributed by atoms with E-state index in [0.717, 1.165) is 6.42 Å². The molecule has 4 heteroatoms. The third kappa shape index (κ3) is 5.60. The maximum atomic E-state index is 11.2. The van der Waals surface area contributed by atoms with E-state index in [1.165, 1.54) is 0 Å². The Balaban J connectivity index is 3.61. The van der Waals surface area contributed by atoms with Gasteiger partial charge in [-0.2, -0.15) is 0 Å². The minimum atomic E-state index is -0.407. The maximum Gasteiger partial charge on any atom is 0.236 e. The quantitative estimate of drug-likeness (QED) is 0.543. The van der Waals surface area contributed by atoms with Crippen molar-refractivity contribution >= 4 is 5.91 Å². The summed E-state index contributed by atoms with van der Waals surface area (Å²) >= 11 is 0. The molecule has 0 aromatic heterocycles. The molecule has 0 aliphatic carbocycles. The highest BCUT2D eigenvalue weighted by Crippen LogP contribution is 1.94. The molecular formula is C9H20N2O2. The molecule has 0 aliphatic heterocycles. The van der Waals surface area contributed by atoms with E-state index in [1.54, 1.807) is 0 Å². The Morgan fingerprint density at radius 2 is 2.23 bits per heavy atom. The number of hydrogen-bond donors (Lipinski definition) is 3. The van der Waals surface area contributed by atoms with Crippen LogP contribution in [0.3, 0.4) is 0 Å². The van der Waals surface area contributed by atoms with Crippen LogP contribution in [0.2, 0.25) is 0 Å². The summed E-state index contributed by atoms with van der Waals surface area (Å²) in [6.07, 6.45) is 1.61. The van der Waals surface area contributed by atoms with Crippen LogP contribution >= 0.6 is 0 Å². The molecule has 0 aromatic carbocycles. The first-order chi connectivity index (χ1) is 6.11. The zero-order chi connectivity index (χ0) is 10.3. The molecule has 4 nitrogen and oxygen atoms in total. The topological polar surface area (TPSA) is 75.4 Å². The summed E-state index contributed by atoms with van der Waals surface area (Å²) in [6, 6.07) is -0.407. The monoisotopic (exact) mass is 188 g/mol. The van der Waals surface area contributed by atoms with E-state index in [4.69, 9.17) is 10.8 Å². The first-order valence-electron chi connectivity index (χ1n) is 4.76. The fourth-order valence-corrected chi connectivity index (χ4v) is 0.913. The van der Waals surface area contributed by atoms with Crippen LogP contribution in [0.1, 0.15) is 26.7 Å². The molecule has 2 atom stereocenters. The van der Waals surface area contributed by atoms with E-state index in [2.05, 4.69) is 5.32 Å². The molecule has 78 valence electrons. The summed E-state index contributed by atoms with van der Waals surface area (Å²) in [7, 11) is 0. The maximum absolute atomic E-state index is 11.2. The summed E-state index contributed by atoms with van der Waals surface area (Å²) in [4.78, 5) is 11.2. The van der Waals surface area contributed by atoms with Crippen LogP contribution < -0.4 is 11.1 Å². The highest BCUT2D eigenvalue weighted by atomic mass is 16.3. The average Bonchev–Trinajstić information content (AvgIpc) is 2.13. The third-order valence-corrected chi connectivity index (χ3v) is 1.87. The number of aliphatic hydroxyl groups is 1. The predicted octanol–water partition coefficient (Wildman–Crippen LogP) is -0.142. The number of carbonyl (C=O) groups is 1. The highest BCUT2D eigenvalue weighted by molar-refractivity contribution is 5.81. The first-order valence-corrected chi connectivity index (χ1v) is 4.76. The van der Waals surface area contributed by atoms with Crippen molar-refractivity contribution in [3.8, 4) is 0 Å². The van der Waals surface area contributed by atoms with Crippen molar-refractivity contribution in [3.05, 3.63) is 0 Å². The van der Waals surface area contributed by atoms with Gasteiger partial charge in [0.25, 0.3) is 0 Å². The van der Waals surface area contributed by atoms with Gasteiger partial charge in [-0.1, -0.05) is 20.3 Å². The largest absolute Gasteiger partial charge is 0.396 e. The van der Waals surface area contributed by atoms with Gasteiger partial charge in [-0.3, -0.25) is 4.79 Å². The van der Waals surface area contributed by atoms with E-state index >= 15 is 0 Å². The van der Waals surface area contributed by atoms with Gasteiger partial charge in [-0.25, -0.2) is 0 Å². The Labute approximate surface area is 79.5 Å². The molecule has 0 bridgehead atoms. The first kappa shape index (κ1) is 12.4. The molecule has 0 spiro atoms. The van der Waals surface area contributed by atoms with Crippen LogP contribution in [0.15, 0.2) is 0 Å². The molecule has 4 N–H and O–H groups in total. The van der Waals surface area contributed by atoms with Gasteiger partial charge < -0.3 is 16.2 Å². The van der Waals surface area contributed by atoms with Gasteiger partial charge in [-0.15, -0.1) is 0 Å². The Bertz CT molecular complexity index is 151. The van der Waals surface area contributed by atoms with Crippen molar-refractivity contribution in [1.29, 1.82) is 0 Å². The number of rotatable bonds is 6.